The van der Waals surface area contributed by atoms with Crippen molar-refractivity contribution in [1.29, 1.82) is 0 Å². The van der Waals surface area contributed by atoms with Crippen molar-refractivity contribution in [3.8, 4) is 11.8 Å². The Labute approximate surface area is 121 Å². The Hall–Kier alpha value is -1.35. The van der Waals surface area contributed by atoms with Crippen molar-refractivity contribution in [2.24, 2.45) is 11.7 Å². The van der Waals surface area contributed by atoms with Gasteiger partial charge in [-0.2, -0.15) is 0 Å². The topological polar surface area (TPSA) is 72.2 Å². The zero-order valence-electron chi connectivity index (χ0n) is 12.0. The second-order valence-corrected chi connectivity index (χ2v) is 6.33. The Bertz CT molecular complexity index is 564. The number of rotatable bonds is 6. The lowest BCUT2D eigenvalue weighted by atomic mass is 10.0. The lowest BCUT2D eigenvalue weighted by Crippen LogP contribution is -2.29. The highest BCUT2D eigenvalue weighted by atomic mass is 32.2. The summed E-state index contributed by atoms with van der Waals surface area (Å²) in [7, 11) is -3.44. The van der Waals surface area contributed by atoms with Gasteiger partial charge in [0, 0.05) is 12.1 Å². The van der Waals surface area contributed by atoms with E-state index in [-0.39, 0.29) is 11.4 Å². The molecule has 0 fully saturated rings. The van der Waals surface area contributed by atoms with Gasteiger partial charge in [-0.25, -0.2) is 13.1 Å². The first-order valence-corrected chi connectivity index (χ1v) is 8.30. The molecule has 110 valence electrons. The van der Waals surface area contributed by atoms with Crippen LogP contribution in [0.3, 0.4) is 0 Å². The van der Waals surface area contributed by atoms with E-state index in [1.807, 2.05) is 0 Å². The van der Waals surface area contributed by atoms with Gasteiger partial charge in [0.25, 0.3) is 0 Å². The van der Waals surface area contributed by atoms with Crippen LogP contribution in [0.1, 0.15) is 32.3 Å². The first-order valence-electron chi connectivity index (χ1n) is 6.82. The molecule has 1 aromatic rings. The fraction of sp³-hybridized carbons (Fsp3) is 0.467. The normalized spacial score (nSPS) is 11.2. The van der Waals surface area contributed by atoms with Gasteiger partial charge in [-0.15, -0.1) is 0 Å². The second-order valence-electron chi connectivity index (χ2n) is 4.56. The van der Waals surface area contributed by atoms with E-state index < -0.39 is 10.0 Å². The third-order valence-electron chi connectivity index (χ3n) is 3.22. The minimum atomic E-state index is -3.44. The van der Waals surface area contributed by atoms with Crippen molar-refractivity contribution in [3.05, 3.63) is 29.8 Å². The van der Waals surface area contributed by atoms with Crippen molar-refractivity contribution in [2.45, 2.75) is 31.6 Å². The van der Waals surface area contributed by atoms with Crippen molar-refractivity contribution < 1.29 is 8.42 Å². The van der Waals surface area contributed by atoms with E-state index in [2.05, 4.69) is 30.4 Å². The number of hydrogen-bond donors (Lipinski definition) is 2. The molecule has 3 N–H and O–H groups in total. The Balaban J connectivity index is 2.77. The van der Waals surface area contributed by atoms with Gasteiger partial charge in [0.05, 0.1) is 11.4 Å². The minimum absolute atomic E-state index is 0.266. The van der Waals surface area contributed by atoms with Gasteiger partial charge in [-0.1, -0.05) is 38.5 Å². The molecule has 0 saturated heterocycles. The minimum Gasteiger partial charge on any atom is -0.320 e. The fourth-order valence-electron chi connectivity index (χ4n) is 1.76. The molecule has 0 aliphatic rings. The highest BCUT2D eigenvalue weighted by Crippen LogP contribution is 2.12. The molecule has 0 radical (unpaired) electrons. The monoisotopic (exact) mass is 294 g/mol. The third-order valence-corrected chi connectivity index (χ3v) is 4.66. The summed E-state index contributed by atoms with van der Waals surface area (Å²) in [5.74, 6) is 5.97. The maximum absolute atomic E-state index is 12.1. The van der Waals surface area contributed by atoms with Crippen LogP contribution in [0, 0.1) is 17.8 Å². The summed E-state index contributed by atoms with van der Waals surface area (Å²) in [5.41, 5.74) is 6.05. The molecule has 0 aliphatic heterocycles. The van der Waals surface area contributed by atoms with E-state index in [1.165, 1.54) is 0 Å². The van der Waals surface area contributed by atoms with E-state index in [4.69, 9.17) is 5.73 Å². The molecule has 4 nitrogen and oxygen atoms in total. The summed E-state index contributed by atoms with van der Waals surface area (Å²) in [6.45, 7) is 4.89. The molecule has 0 aliphatic carbocycles. The summed E-state index contributed by atoms with van der Waals surface area (Å²) in [6, 6.07) is 6.51. The van der Waals surface area contributed by atoms with Crippen LogP contribution >= 0.6 is 0 Å². The number of benzene rings is 1. The molecule has 0 aromatic heterocycles. The SMILES string of the molecule is CCC(CC)CNS(=O)(=O)c1ccc(C#CCN)cc1. The van der Waals surface area contributed by atoms with E-state index in [0.29, 0.717) is 12.5 Å². The molecule has 0 bridgehead atoms. The van der Waals surface area contributed by atoms with Crippen LogP contribution < -0.4 is 10.5 Å². The zero-order chi connectivity index (χ0) is 15.0. The maximum atomic E-state index is 12.1. The molecule has 0 saturated carbocycles. The molecular weight excluding hydrogens is 272 g/mol. The van der Waals surface area contributed by atoms with Crippen LogP contribution in [0.2, 0.25) is 0 Å². The summed E-state index contributed by atoms with van der Waals surface area (Å²) in [5, 5.41) is 0. The quantitative estimate of drug-likeness (QED) is 0.785. The first kappa shape index (κ1) is 16.7. The molecular formula is C15H22N2O2S. The molecule has 0 amide bonds. The predicted molar refractivity (Wildman–Crippen MR) is 81.6 cm³/mol. The van der Waals surface area contributed by atoms with Crippen LogP contribution in [-0.2, 0) is 10.0 Å². The van der Waals surface area contributed by atoms with Gasteiger partial charge >= 0.3 is 0 Å². The van der Waals surface area contributed by atoms with Crippen LogP contribution in [0.5, 0.6) is 0 Å². The van der Waals surface area contributed by atoms with E-state index in [1.54, 1.807) is 24.3 Å². The van der Waals surface area contributed by atoms with Gasteiger partial charge in [0.2, 0.25) is 10.0 Å². The van der Waals surface area contributed by atoms with E-state index in [0.717, 1.165) is 18.4 Å². The van der Waals surface area contributed by atoms with Gasteiger partial charge in [-0.3, -0.25) is 0 Å². The molecule has 0 atom stereocenters. The number of nitrogens with one attached hydrogen (secondary N) is 1. The molecule has 0 heterocycles. The highest BCUT2D eigenvalue weighted by Gasteiger charge is 2.15. The Kier molecular flexibility index (Phi) is 6.73. The van der Waals surface area contributed by atoms with E-state index >= 15 is 0 Å². The van der Waals surface area contributed by atoms with Crippen molar-refractivity contribution in [3.63, 3.8) is 0 Å². The zero-order valence-corrected chi connectivity index (χ0v) is 12.8. The van der Waals surface area contributed by atoms with Gasteiger partial charge in [0.15, 0.2) is 0 Å². The lowest BCUT2D eigenvalue weighted by Gasteiger charge is -2.13. The maximum Gasteiger partial charge on any atom is 0.240 e. The summed E-state index contributed by atoms with van der Waals surface area (Å²) in [6.07, 6.45) is 1.93. The van der Waals surface area contributed by atoms with Gasteiger partial charge < -0.3 is 5.73 Å². The van der Waals surface area contributed by atoms with E-state index in [9.17, 15) is 8.42 Å². The summed E-state index contributed by atoms with van der Waals surface area (Å²) < 4.78 is 26.9. The molecule has 0 spiro atoms. The molecule has 5 heteroatoms. The van der Waals surface area contributed by atoms with Crippen LogP contribution in [0.4, 0.5) is 0 Å². The average Bonchev–Trinajstić information content (AvgIpc) is 2.46. The lowest BCUT2D eigenvalue weighted by molar-refractivity contribution is 0.479. The van der Waals surface area contributed by atoms with Crippen LogP contribution in [-0.4, -0.2) is 21.5 Å². The molecule has 0 unspecified atom stereocenters. The molecule has 20 heavy (non-hydrogen) atoms. The number of hydrogen-bond acceptors (Lipinski definition) is 3. The van der Waals surface area contributed by atoms with Crippen LogP contribution in [0.15, 0.2) is 29.2 Å². The smallest absolute Gasteiger partial charge is 0.240 e. The first-order chi connectivity index (χ1) is 9.53. The van der Waals surface area contributed by atoms with Gasteiger partial charge in [0.1, 0.15) is 0 Å². The number of sulfonamides is 1. The van der Waals surface area contributed by atoms with Crippen molar-refractivity contribution >= 4 is 10.0 Å². The number of nitrogens with two attached hydrogens (primary N) is 1. The Morgan fingerprint density at radius 1 is 1.20 bits per heavy atom. The standard InChI is InChI=1S/C15H22N2O2S/c1-3-13(4-2)12-17-20(18,19)15-9-7-14(8-10-15)6-5-11-16/h7-10,13,17H,3-4,11-12,16H2,1-2H3. The largest absolute Gasteiger partial charge is 0.320 e. The third kappa shape index (κ3) is 4.97. The molecule has 1 rings (SSSR count). The molecule has 1 aromatic carbocycles. The Morgan fingerprint density at radius 3 is 2.30 bits per heavy atom. The van der Waals surface area contributed by atoms with Crippen molar-refractivity contribution in [2.75, 3.05) is 13.1 Å². The van der Waals surface area contributed by atoms with Crippen LogP contribution in [0.25, 0.3) is 0 Å². The average molecular weight is 294 g/mol. The Morgan fingerprint density at radius 2 is 1.80 bits per heavy atom. The predicted octanol–water partition coefficient (Wildman–Crippen LogP) is 1.71. The summed E-state index contributed by atoms with van der Waals surface area (Å²) in [4.78, 5) is 0.266. The van der Waals surface area contributed by atoms with Gasteiger partial charge in [-0.05, 0) is 30.2 Å². The van der Waals surface area contributed by atoms with Crippen molar-refractivity contribution in [1.82, 2.24) is 4.72 Å². The fourth-order valence-corrected chi connectivity index (χ4v) is 2.87. The highest BCUT2D eigenvalue weighted by molar-refractivity contribution is 7.89. The summed E-state index contributed by atoms with van der Waals surface area (Å²) >= 11 is 0. The second kappa shape index (κ2) is 8.05.